The number of carbonyl (C=O) groups is 1. The molecule has 14 heteroatoms. The van der Waals surface area contributed by atoms with Crippen LogP contribution in [0.1, 0.15) is 348 Å². The fourth-order valence-electron chi connectivity index (χ4n) is 12.9. The van der Waals surface area contributed by atoms with Crippen LogP contribution >= 0.6 is 0 Å². The van der Waals surface area contributed by atoms with Gasteiger partial charge in [-0.15, -0.1) is 0 Å². The number of allylic oxidation sites excluding steroid dienone is 9. The van der Waals surface area contributed by atoms with Gasteiger partial charge >= 0.3 is 0 Å². The second-order valence-electron chi connectivity index (χ2n) is 27.8. The Hall–Kier alpha value is -2.31. The van der Waals surface area contributed by atoms with E-state index in [4.69, 9.17) is 18.9 Å². The van der Waals surface area contributed by atoms with Gasteiger partial charge in [-0.2, -0.15) is 0 Å². The van der Waals surface area contributed by atoms with Crippen molar-refractivity contribution in [2.75, 3.05) is 19.8 Å². The number of aliphatic hydroxyl groups excluding tert-OH is 8. The zero-order valence-electron chi connectivity index (χ0n) is 60.2. The average molecular weight is 1330 g/mol. The maximum Gasteiger partial charge on any atom is 0.220 e. The van der Waals surface area contributed by atoms with Crippen molar-refractivity contribution in [2.45, 2.75) is 421 Å². The zero-order valence-corrected chi connectivity index (χ0v) is 60.2. The van der Waals surface area contributed by atoms with Gasteiger partial charge in [-0.05, 0) is 70.6 Å². The van der Waals surface area contributed by atoms with Crippen LogP contribution in [0.15, 0.2) is 60.8 Å². The molecule has 2 saturated heterocycles. The summed E-state index contributed by atoms with van der Waals surface area (Å²) in [4.78, 5) is 13.4. The van der Waals surface area contributed by atoms with Crippen LogP contribution in [-0.2, 0) is 23.7 Å². The zero-order chi connectivity index (χ0) is 68.0. The van der Waals surface area contributed by atoms with Crippen molar-refractivity contribution in [3.63, 3.8) is 0 Å². The Labute approximate surface area is 575 Å². The second kappa shape index (κ2) is 64.1. The Morgan fingerprint density at radius 3 is 1.12 bits per heavy atom. The van der Waals surface area contributed by atoms with Crippen LogP contribution < -0.4 is 5.32 Å². The maximum atomic E-state index is 13.4. The molecule has 2 fully saturated rings. The van der Waals surface area contributed by atoms with Gasteiger partial charge in [0, 0.05) is 6.42 Å². The number of nitrogens with one attached hydrogen (secondary N) is 1. The third kappa shape index (κ3) is 46.9. The number of hydrogen-bond donors (Lipinski definition) is 9. The second-order valence-corrected chi connectivity index (χ2v) is 27.8. The summed E-state index contributed by atoms with van der Waals surface area (Å²) in [6.45, 7) is 2.82. The van der Waals surface area contributed by atoms with Crippen molar-refractivity contribution in [1.29, 1.82) is 0 Å². The van der Waals surface area contributed by atoms with Crippen molar-refractivity contribution < 1.29 is 64.6 Å². The van der Waals surface area contributed by atoms with Gasteiger partial charge in [-0.1, -0.05) is 331 Å². The SMILES string of the molecule is CCCCCCC/C=C\C/C=C\C/C=C\CCCCCCCCCCCCCCCCCCCCC(=O)NC(COC1OC(CO)C(OC2OC(CO)C(O)C(O)C2O)C(O)C1O)C(O)/C=C/CC/C=C/CCCCCCCCCCCCCCCCCCCCCCC. The van der Waals surface area contributed by atoms with Crippen LogP contribution in [-0.4, -0.2) is 140 Å². The summed E-state index contributed by atoms with van der Waals surface area (Å²) in [6.07, 6.45) is 70.1. The Bertz CT molecular complexity index is 1810. The molecule has 2 heterocycles. The summed E-state index contributed by atoms with van der Waals surface area (Å²) in [5, 5.41) is 87.6. The molecule has 0 aromatic carbocycles. The lowest BCUT2D eigenvalue weighted by Gasteiger charge is -2.46. The molecule has 2 aliphatic rings. The van der Waals surface area contributed by atoms with E-state index < -0.39 is 86.8 Å². The Balaban J connectivity index is 1.64. The largest absolute Gasteiger partial charge is 0.394 e. The minimum Gasteiger partial charge on any atom is -0.394 e. The van der Waals surface area contributed by atoms with Gasteiger partial charge in [0.05, 0.1) is 32.0 Å². The van der Waals surface area contributed by atoms with Crippen LogP contribution in [0.2, 0.25) is 0 Å². The minimum atomic E-state index is -1.79. The quantitative estimate of drug-likeness (QED) is 0.0204. The molecular weight excluding hydrogens is 1180 g/mol. The van der Waals surface area contributed by atoms with Crippen molar-refractivity contribution in [3.8, 4) is 0 Å². The number of amides is 1. The van der Waals surface area contributed by atoms with Gasteiger partial charge in [0.2, 0.25) is 5.91 Å². The normalized spacial score (nSPS) is 22.7. The molecule has 94 heavy (non-hydrogen) atoms. The van der Waals surface area contributed by atoms with Gasteiger partial charge in [-0.3, -0.25) is 4.79 Å². The Morgan fingerprint density at radius 2 is 0.713 bits per heavy atom. The van der Waals surface area contributed by atoms with Crippen molar-refractivity contribution >= 4 is 5.91 Å². The third-order valence-electron chi connectivity index (χ3n) is 19.2. The van der Waals surface area contributed by atoms with Gasteiger partial charge in [0.15, 0.2) is 12.6 Å². The van der Waals surface area contributed by atoms with E-state index in [1.165, 1.54) is 270 Å². The summed E-state index contributed by atoms with van der Waals surface area (Å²) in [6, 6.07) is -0.934. The predicted octanol–water partition coefficient (Wildman–Crippen LogP) is 17.6. The first-order chi connectivity index (χ1) is 46.1. The monoisotopic (exact) mass is 1330 g/mol. The molecular formula is C80H147NO13. The van der Waals surface area contributed by atoms with Crippen LogP contribution in [0.25, 0.3) is 0 Å². The lowest BCUT2D eigenvalue weighted by molar-refractivity contribution is -0.359. The first-order valence-electron chi connectivity index (χ1n) is 39.5. The minimum absolute atomic E-state index is 0.244. The van der Waals surface area contributed by atoms with Crippen LogP contribution in [0.4, 0.5) is 0 Å². The number of carbonyl (C=O) groups excluding carboxylic acids is 1. The molecule has 550 valence electrons. The average Bonchev–Trinajstić information content (AvgIpc) is 0.794. The highest BCUT2D eigenvalue weighted by atomic mass is 16.7. The maximum absolute atomic E-state index is 13.4. The van der Waals surface area contributed by atoms with E-state index in [1.807, 2.05) is 6.08 Å². The predicted molar refractivity (Wildman–Crippen MR) is 387 cm³/mol. The highest BCUT2D eigenvalue weighted by Crippen LogP contribution is 2.30. The molecule has 12 unspecified atom stereocenters. The molecule has 0 radical (unpaired) electrons. The van der Waals surface area contributed by atoms with Gasteiger partial charge in [-0.25, -0.2) is 0 Å². The number of aliphatic hydroxyl groups is 8. The van der Waals surface area contributed by atoms with Gasteiger partial charge < -0.3 is 65.1 Å². The number of hydrogen-bond acceptors (Lipinski definition) is 13. The van der Waals surface area contributed by atoms with E-state index in [9.17, 15) is 45.6 Å². The molecule has 12 atom stereocenters. The van der Waals surface area contributed by atoms with E-state index in [2.05, 4.69) is 67.8 Å². The molecule has 2 aliphatic heterocycles. The van der Waals surface area contributed by atoms with E-state index >= 15 is 0 Å². The van der Waals surface area contributed by atoms with Crippen molar-refractivity contribution in [3.05, 3.63) is 60.8 Å². The molecule has 0 aromatic rings. The topological polar surface area (TPSA) is 228 Å². The molecule has 0 spiro atoms. The number of unbranched alkanes of at least 4 members (excludes halogenated alkanes) is 45. The molecule has 0 aliphatic carbocycles. The molecule has 0 saturated carbocycles. The fourth-order valence-corrected chi connectivity index (χ4v) is 12.9. The van der Waals surface area contributed by atoms with Crippen LogP contribution in [0.5, 0.6) is 0 Å². The fraction of sp³-hybridized carbons (Fsp3) is 0.863. The van der Waals surface area contributed by atoms with Crippen LogP contribution in [0.3, 0.4) is 0 Å². The lowest BCUT2D eigenvalue weighted by atomic mass is 9.97. The first kappa shape index (κ1) is 87.8. The summed E-state index contributed by atoms with van der Waals surface area (Å²) >= 11 is 0. The Kier molecular flexibility index (Phi) is 59.8. The van der Waals surface area contributed by atoms with E-state index in [-0.39, 0.29) is 18.9 Å². The molecule has 0 aromatic heterocycles. The highest BCUT2D eigenvalue weighted by molar-refractivity contribution is 5.76. The van der Waals surface area contributed by atoms with Crippen molar-refractivity contribution in [2.24, 2.45) is 0 Å². The van der Waals surface area contributed by atoms with Crippen molar-refractivity contribution in [1.82, 2.24) is 5.32 Å². The first-order valence-corrected chi connectivity index (χ1v) is 39.5. The lowest BCUT2D eigenvalue weighted by Crippen LogP contribution is -2.65. The van der Waals surface area contributed by atoms with E-state index in [0.717, 1.165) is 44.9 Å². The van der Waals surface area contributed by atoms with Crippen LogP contribution in [0, 0.1) is 0 Å². The highest BCUT2D eigenvalue weighted by Gasteiger charge is 2.51. The number of ether oxygens (including phenoxy) is 4. The smallest absolute Gasteiger partial charge is 0.220 e. The summed E-state index contributed by atoms with van der Waals surface area (Å²) in [7, 11) is 0. The van der Waals surface area contributed by atoms with Gasteiger partial charge in [0.1, 0.15) is 48.8 Å². The molecule has 1 amide bonds. The molecule has 2 rings (SSSR count). The Morgan fingerprint density at radius 1 is 0.383 bits per heavy atom. The standard InChI is InChI=1S/C80H147NO13/c1-3-5-7-9-11-13-15-17-19-21-23-25-27-29-31-32-33-34-35-36-38-40-42-44-46-48-50-52-54-56-58-60-62-64-72(85)81-68(67-91-79-77(90)75(88)78(71(66-83)93-79)94-80-76(89)74(87)73(86)70(65-82)92-80)69(84)63-61-59-57-55-53-51-49-47-45-43-41-39-37-30-28-26-24-22-20-18-16-14-12-10-8-6-4-2/h15,17,21,23,27,29,53,55,61,63,68-71,73-80,82-84,86-90H,3-14,16,18-20,22,24-26,28,30-52,54,56-60,62,64-67H2,1-2H3,(H,81,85)/b17-15-,23-21-,29-27-,55-53+,63-61+. The van der Waals surface area contributed by atoms with E-state index in [0.29, 0.717) is 12.8 Å². The summed E-state index contributed by atoms with van der Waals surface area (Å²) < 4.78 is 22.9. The molecule has 0 bridgehead atoms. The molecule has 14 nitrogen and oxygen atoms in total. The van der Waals surface area contributed by atoms with E-state index in [1.54, 1.807) is 6.08 Å². The number of rotatable bonds is 66. The molecule has 9 N–H and O–H groups in total. The summed E-state index contributed by atoms with van der Waals surface area (Å²) in [5.74, 6) is -0.244. The summed E-state index contributed by atoms with van der Waals surface area (Å²) in [5.41, 5.74) is 0. The van der Waals surface area contributed by atoms with Gasteiger partial charge in [0.25, 0.3) is 0 Å². The third-order valence-corrected chi connectivity index (χ3v) is 19.2.